The van der Waals surface area contributed by atoms with Gasteiger partial charge < -0.3 is 14.2 Å². The van der Waals surface area contributed by atoms with Gasteiger partial charge in [-0.15, -0.1) is 0 Å². The molecule has 15 aromatic rings. The average Bonchev–Trinajstić information content (AvgIpc) is 4.16. The third kappa shape index (κ3) is 6.01. The minimum atomic E-state index is -0.130. The van der Waals surface area contributed by atoms with Crippen LogP contribution in [0.25, 0.3) is 98.0 Å². The normalized spacial score (nSPS) is 12.7. The molecule has 5 nitrogen and oxygen atoms in total. The number of aromatic nitrogens is 3. The van der Waals surface area contributed by atoms with Gasteiger partial charge in [-0.2, -0.15) is 0 Å². The van der Waals surface area contributed by atoms with Crippen molar-refractivity contribution in [1.29, 1.82) is 0 Å². The summed E-state index contributed by atoms with van der Waals surface area (Å²) in [5, 5.41) is 13.3. The summed E-state index contributed by atoms with van der Waals surface area (Å²) in [5.74, 6) is 0. The second-order valence-electron chi connectivity index (χ2n) is 22.4. The first-order chi connectivity index (χ1) is 36.0. The maximum absolute atomic E-state index is 6.12. The van der Waals surface area contributed by atoms with Crippen LogP contribution in [0.2, 0.25) is 0 Å². The Labute approximate surface area is 429 Å². The molecule has 0 spiro atoms. The molecule has 0 aliphatic carbocycles. The molecule has 0 aliphatic rings. The van der Waals surface area contributed by atoms with Crippen molar-refractivity contribution >= 4 is 132 Å². The molecule has 0 radical (unpaired) electrons. The summed E-state index contributed by atoms with van der Waals surface area (Å²) >= 11 is 0. The van der Waals surface area contributed by atoms with Crippen LogP contribution in [0.15, 0.2) is 212 Å². The van der Waals surface area contributed by atoms with Crippen molar-refractivity contribution < 1.29 is 0 Å². The highest BCUT2D eigenvalue weighted by Gasteiger charge is 2.32. The quantitative estimate of drug-likeness (QED) is 0.166. The van der Waals surface area contributed by atoms with Gasteiger partial charge in [0, 0.05) is 71.2 Å². The maximum Gasteiger partial charge on any atom is 0.146 e. The van der Waals surface area contributed by atoms with Gasteiger partial charge >= 0.3 is 0 Å². The lowest BCUT2D eigenvalue weighted by atomic mass is 9.85. The standard InChI is InChI=1S/C69H53N5/c1-68(2,3)44-37-54-53-36-43-24-20-22-34-51(43)64(72(48-29-15-9-16-30-48)49-31-17-10-18-32-49)66(53)74-61(54)56(39-44)57-41-59-60(70-67(57)74)58-40-45(69(4,5)6)38-55-52-35-42-23-19-21-33-50(42)63(65(52)73(59)62(55)58)71(46-25-11-7-12-26-46)47-27-13-8-14-28-47/h7-41H,1-6H3. The number of hydrogen-bond acceptors (Lipinski definition) is 3. The molecule has 15 rings (SSSR count). The van der Waals surface area contributed by atoms with E-state index >= 15 is 0 Å². The number of fused-ring (bicyclic) bond motifs is 14. The lowest BCUT2D eigenvalue weighted by molar-refractivity contribution is 0.591. The van der Waals surface area contributed by atoms with Crippen LogP contribution in [0.3, 0.4) is 0 Å². The summed E-state index contributed by atoms with van der Waals surface area (Å²) in [6, 6.07) is 78.6. The predicted octanol–water partition coefficient (Wildman–Crippen LogP) is 19.2. The first kappa shape index (κ1) is 42.7. The Kier molecular flexibility index (Phi) is 8.83. The third-order valence-corrected chi connectivity index (χ3v) is 15.9. The molecule has 0 fully saturated rings. The smallest absolute Gasteiger partial charge is 0.146 e. The zero-order valence-electron chi connectivity index (χ0n) is 42.4. The predicted molar refractivity (Wildman–Crippen MR) is 315 cm³/mol. The molecule has 0 aliphatic heterocycles. The first-order valence-corrected chi connectivity index (χ1v) is 26.0. The zero-order valence-corrected chi connectivity index (χ0v) is 42.4. The van der Waals surface area contributed by atoms with Crippen LogP contribution in [-0.2, 0) is 10.8 Å². The van der Waals surface area contributed by atoms with Gasteiger partial charge in [-0.1, -0.05) is 163 Å². The van der Waals surface area contributed by atoms with Gasteiger partial charge in [0.05, 0.1) is 44.5 Å². The van der Waals surface area contributed by atoms with Gasteiger partial charge in [0.1, 0.15) is 5.65 Å². The minimum Gasteiger partial charge on any atom is -0.308 e. The molecule has 0 N–H and O–H groups in total. The Bertz CT molecular complexity index is 4330. The van der Waals surface area contributed by atoms with Gasteiger partial charge in [0.25, 0.3) is 0 Å². The van der Waals surface area contributed by atoms with Gasteiger partial charge in [-0.05, 0) is 124 Å². The van der Waals surface area contributed by atoms with E-state index in [4.69, 9.17) is 4.98 Å². The van der Waals surface area contributed by atoms with E-state index in [0.717, 1.165) is 61.7 Å². The first-order valence-electron chi connectivity index (χ1n) is 26.0. The molecule has 5 heterocycles. The van der Waals surface area contributed by atoms with Crippen LogP contribution in [0, 0.1) is 0 Å². The summed E-state index contributed by atoms with van der Waals surface area (Å²) in [6.07, 6.45) is 0. The molecule has 5 heteroatoms. The summed E-state index contributed by atoms with van der Waals surface area (Å²) in [5.41, 5.74) is 16.8. The fourth-order valence-corrected chi connectivity index (χ4v) is 12.4. The van der Waals surface area contributed by atoms with Crippen molar-refractivity contribution in [2.24, 2.45) is 0 Å². The number of benzene rings is 10. The molecular formula is C69H53N5. The third-order valence-electron chi connectivity index (χ3n) is 15.9. The highest BCUT2D eigenvalue weighted by atomic mass is 15.2. The Balaban J connectivity index is 1.18. The molecule has 0 saturated carbocycles. The second-order valence-corrected chi connectivity index (χ2v) is 22.4. The number of hydrogen-bond donors (Lipinski definition) is 0. The number of rotatable bonds is 6. The van der Waals surface area contributed by atoms with Crippen LogP contribution in [0.4, 0.5) is 34.1 Å². The lowest BCUT2D eigenvalue weighted by Crippen LogP contribution is -2.11. The molecule has 0 atom stereocenters. The molecule has 354 valence electrons. The summed E-state index contributed by atoms with van der Waals surface area (Å²) < 4.78 is 5.11. The molecule has 0 saturated heterocycles. The lowest BCUT2D eigenvalue weighted by Gasteiger charge is -2.28. The molecule has 10 aromatic carbocycles. The Hall–Kier alpha value is -8.93. The summed E-state index contributed by atoms with van der Waals surface area (Å²) in [6.45, 7) is 14.0. The number of nitrogens with zero attached hydrogens (tertiary/aromatic N) is 5. The van der Waals surface area contributed by atoms with Crippen molar-refractivity contribution in [3.8, 4) is 0 Å². The highest BCUT2D eigenvalue weighted by molar-refractivity contribution is 6.32. The van der Waals surface area contributed by atoms with E-state index in [2.05, 4.69) is 272 Å². The molecule has 0 unspecified atom stereocenters. The Morgan fingerprint density at radius 2 is 0.676 bits per heavy atom. The number of para-hydroxylation sites is 4. The van der Waals surface area contributed by atoms with E-state index in [1.165, 1.54) is 81.5 Å². The van der Waals surface area contributed by atoms with Crippen LogP contribution >= 0.6 is 0 Å². The molecule has 5 aromatic heterocycles. The van der Waals surface area contributed by atoms with Crippen LogP contribution in [0.5, 0.6) is 0 Å². The van der Waals surface area contributed by atoms with Crippen molar-refractivity contribution in [1.82, 2.24) is 13.8 Å². The zero-order chi connectivity index (χ0) is 49.8. The molecule has 0 amide bonds. The highest BCUT2D eigenvalue weighted by Crippen LogP contribution is 2.53. The van der Waals surface area contributed by atoms with E-state index in [0.29, 0.717) is 0 Å². The van der Waals surface area contributed by atoms with Crippen LogP contribution in [0.1, 0.15) is 52.7 Å². The summed E-state index contributed by atoms with van der Waals surface area (Å²) in [4.78, 5) is 11.1. The van der Waals surface area contributed by atoms with E-state index in [-0.39, 0.29) is 10.8 Å². The molecular weight excluding hydrogens is 899 g/mol. The van der Waals surface area contributed by atoms with E-state index in [9.17, 15) is 0 Å². The van der Waals surface area contributed by atoms with E-state index in [1.54, 1.807) is 0 Å². The largest absolute Gasteiger partial charge is 0.308 e. The minimum absolute atomic E-state index is 0.123. The van der Waals surface area contributed by atoms with Gasteiger partial charge in [0.15, 0.2) is 0 Å². The van der Waals surface area contributed by atoms with Crippen molar-refractivity contribution in [3.63, 3.8) is 0 Å². The Morgan fingerprint density at radius 3 is 1.11 bits per heavy atom. The van der Waals surface area contributed by atoms with Crippen LogP contribution < -0.4 is 9.80 Å². The molecule has 0 bridgehead atoms. The fourth-order valence-electron chi connectivity index (χ4n) is 12.4. The monoisotopic (exact) mass is 951 g/mol. The van der Waals surface area contributed by atoms with E-state index in [1.807, 2.05) is 0 Å². The van der Waals surface area contributed by atoms with Gasteiger partial charge in [0.2, 0.25) is 0 Å². The van der Waals surface area contributed by atoms with Crippen LogP contribution in [-0.4, -0.2) is 13.8 Å². The van der Waals surface area contributed by atoms with Crippen molar-refractivity contribution in [3.05, 3.63) is 223 Å². The number of pyridine rings is 1. The van der Waals surface area contributed by atoms with Crippen molar-refractivity contribution in [2.45, 2.75) is 52.4 Å². The van der Waals surface area contributed by atoms with E-state index < -0.39 is 0 Å². The topological polar surface area (TPSA) is 28.2 Å². The van der Waals surface area contributed by atoms with Crippen molar-refractivity contribution in [2.75, 3.05) is 9.80 Å². The summed E-state index contributed by atoms with van der Waals surface area (Å²) in [7, 11) is 0. The van der Waals surface area contributed by atoms with Gasteiger partial charge in [-0.3, -0.25) is 4.40 Å². The maximum atomic E-state index is 6.12. The molecule has 74 heavy (non-hydrogen) atoms. The second kappa shape index (κ2) is 15.3. The Morgan fingerprint density at radius 1 is 0.324 bits per heavy atom. The SMILES string of the molecule is CC(C)(C)c1cc2c3cc4ccccc4c(N(c4ccccc4)c4ccccc4)c3n3c4cc5c6cc(C(C)(C)C)cc7c8cc9ccccc9c(N(c9ccccc9)c9ccccc9)c8n(c5nc4c(c1)c23)c67. The van der Waals surface area contributed by atoms with Gasteiger partial charge in [-0.25, -0.2) is 4.98 Å². The average molecular weight is 952 g/mol. The fraction of sp³-hybridized carbons (Fsp3) is 0.116. The number of anilines is 6.